The van der Waals surface area contributed by atoms with E-state index < -0.39 is 5.97 Å². The summed E-state index contributed by atoms with van der Waals surface area (Å²) in [7, 11) is 0. The summed E-state index contributed by atoms with van der Waals surface area (Å²) in [6.45, 7) is 0.129. The first-order valence-corrected chi connectivity index (χ1v) is 9.59. The highest BCUT2D eigenvalue weighted by atomic mass is 16.5. The van der Waals surface area contributed by atoms with Crippen LogP contribution in [0.1, 0.15) is 47.8 Å². The van der Waals surface area contributed by atoms with Gasteiger partial charge in [-0.15, -0.1) is 0 Å². The number of ether oxygens (including phenoxy) is 1. The lowest BCUT2D eigenvalue weighted by Gasteiger charge is -2.17. The molecule has 4 nitrogen and oxygen atoms in total. The molecule has 0 bridgehead atoms. The fourth-order valence-corrected chi connectivity index (χ4v) is 3.82. The zero-order chi connectivity index (χ0) is 20.7. The highest BCUT2D eigenvalue weighted by Crippen LogP contribution is 2.29. The Bertz CT molecular complexity index is 1270. The van der Waals surface area contributed by atoms with E-state index in [0.29, 0.717) is 16.7 Å². The van der Waals surface area contributed by atoms with Crippen LogP contribution in [-0.4, -0.2) is 17.5 Å². The molecule has 0 aliphatic heterocycles. The molecule has 144 valence electrons. The van der Waals surface area contributed by atoms with Crippen molar-refractivity contribution >= 4 is 17.5 Å². The summed E-state index contributed by atoms with van der Waals surface area (Å²) in [6, 6.07) is 25.1. The third kappa shape index (κ3) is 2.99. The third-order valence-corrected chi connectivity index (χ3v) is 5.32. The van der Waals surface area contributed by atoms with E-state index in [0.717, 1.165) is 16.7 Å². The van der Waals surface area contributed by atoms with Crippen LogP contribution in [0, 0.1) is 0 Å². The van der Waals surface area contributed by atoms with Crippen molar-refractivity contribution in [2.24, 2.45) is 0 Å². The molecule has 0 radical (unpaired) electrons. The summed E-state index contributed by atoms with van der Waals surface area (Å²) in [6.07, 6.45) is 0. The molecule has 0 aromatic heterocycles. The van der Waals surface area contributed by atoms with E-state index in [-0.39, 0.29) is 29.3 Å². The zero-order valence-corrected chi connectivity index (χ0v) is 15.9. The van der Waals surface area contributed by atoms with E-state index in [2.05, 4.69) is 0 Å². The number of rotatable bonds is 3. The van der Waals surface area contributed by atoms with Gasteiger partial charge in [0, 0.05) is 22.3 Å². The number of hydrogen-bond donors (Lipinski definition) is 0. The molecule has 0 fully saturated rings. The Morgan fingerprint density at radius 3 is 1.87 bits per heavy atom. The lowest BCUT2D eigenvalue weighted by molar-refractivity contribution is 0.0473. The molecular weight excluding hydrogens is 376 g/mol. The SMILES string of the molecule is O=C(OCc1cc2cccccc-2c1)c1ccc2c(c1)C(=O)c1ccccc1C2=O. The van der Waals surface area contributed by atoms with Crippen LogP contribution in [0.4, 0.5) is 0 Å². The summed E-state index contributed by atoms with van der Waals surface area (Å²) in [4.78, 5) is 38.1. The molecule has 5 rings (SSSR count). The average molecular weight is 392 g/mol. The van der Waals surface area contributed by atoms with E-state index in [1.165, 1.54) is 18.2 Å². The average Bonchev–Trinajstić information content (AvgIpc) is 3.04. The molecule has 0 amide bonds. The highest BCUT2D eigenvalue weighted by Gasteiger charge is 2.30. The van der Waals surface area contributed by atoms with E-state index in [9.17, 15) is 14.4 Å². The van der Waals surface area contributed by atoms with E-state index in [1.54, 1.807) is 24.3 Å². The molecule has 2 aromatic carbocycles. The summed E-state index contributed by atoms with van der Waals surface area (Å²) >= 11 is 0. The number of esters is 1. The minimum Gasteiger partial charge on any atom is -0.457 e. The normalized spacial score (nSPS) is 12.4. The topological polar surface area (TPSA) is 60.4 Å². The van der Waals surface area contributed by atoms with Gasteiger partial charge in [-0.1, -0.05) is 54.6 Å². The fourth-order valence-electron chi connectivity index (χ4n) is 3.82. The first kappa shape index (κ1) is 18.0. The van der Waals surface area contributed by atoms with Gasteiger partial charge in [-0.25, -0.2) is 4.79 Å². The lowest BCUT2D eigenvalue weighted by atomic mass is 9.83. The molecule has 0 saturated carbocycles. The zero-order valence-electron chi connectivity index (χ0n) is 15.9. The number of carbonyl (C=O) groups excluding carboxylic acids is 3. The van der Waals surface area contributed by atoms with Crippen LogP contribution in [0.15, 0.2) is 84.9 Å². The van der Waals surface area contributed by atoms with Crippen molar-refractivity contribution in [3.05, 3.63) is 118 Å². The van der Waals surface area contributed by atoms with Crippen molar-refractivity contribution < 1.29 is 19.1 Å². The molecule has 30 heavy (non-hydrogen) atoms. The molecule has 3 aliphatic rings. The number of fused-ring (bicyclic) bond motifs is 3. The quantitative estimate of drug-likeness (QED) is 0.409. The first-order valence-electron chi connectivity index (χ1n) is 9.59. The lowest BCUT2D eigenvalue weighted by Crippen LogP contribution is -2.21. The van der Waals surface area contributed by atoms with Crippen LogP contribution >= 0.6 is 0 Å². The van der Waals surface area contributed by atoms with Crippen LogP contribution in [0.3, 0.4) is 0 Å². The molecule has 3 aliphatic carbocycles. The Labute approximate surface area is 173 Å². The maximum absolute atomic E-state index is 12.8. The summed E-state index contributed by atoms with van der Waals surface area (Å²) in [5.74, 6) is -1.01. The first-order chi connectivity index (χ1) is 14.6. The van der Waals surface area contributed by atoms with Gasteiger partial charge < -0.3 is 4.74 Å². The third-order valence-electron chi connectivity index (χ3n) is 5.32. The van der Waals surface area contributed by atoms with Gasteiger partial charge in [0.05, 0.1) is 5.56 Å². The van der Waals surface area contributed by atoms with Crippen LogP contribution in [0.5, 0.6) is 0 Å². The Morgan fingerprint density at radius 1 is 0.633 bits per heavy atom. The van der Waals surface area contributed by atoms with Gasteiger partial charge >= 0.3 is 5.97 Å². The van der Waals surface area contributed by atoms with Gasteiger partial charge in [0.2, 0.25) is 0 Å². The van der Waals surface area contributed by atoms with Gasteiger partial charge in [0.1, 0.15) is 6.61 Å². The van der Waals surface area contributed by atoms with Crippen molar-refractivity contribution in [1.82, 2.24) is 0 Å². The number of benzene rings is 2. The molecule has 0 heterocycles. The van der Waals surface area contributed by atoms with Crippen molar-refractivity contribution in [2.75, 3.05) is 0 Å². The minimum atomic E-state index is -0.535. The molecule has 0 atom stereocenters. The predicted octanol–water partition coefficient (Wildman–Crippen LogP) is 4.92. The number of carbonyl (C=O) groups is 3. The molecular formula is C26H16O4. The number of hydrogen-bond acceptors (Lipinski definition) is 4. The van der Waals surface area contributed by atoms with Gasteiger partial charge in [0.15, 0.2) is 11.6 Å². The van der Waals surface area contributed by atoms with Crippen molar-refractivity contribution in [2.45, 2.75) is 6.61 Å². The molecule has 2 aromatic rings. The van der Waals surface area contributed by atoms with E-state index >= 15 is 0 Å². The maximum Gasteiger partial charge on any atom is 0.338 e. The fraction of sp³-hybridized carbons (Fsp3) is 0.0385. The standard InChI is InChI=1S/C26H16O4/c27-24-20-8-4-5-9-21(20)25(28)23-14-19(10-11-22(23)24)26(29)30-15-16-12-17-6-2-1-3-7-18(17)13-16/h1-14H,15H2. The Balaban J connectivity index is 1.39. The molecule has 0 spiro atoms. The summed E-state index contributed by atoms with van der Waals surface area (Å²) < 4.78 is 5.45. The molecule has 0 N–H and O–H groups in total. The Morgan fingerprint density at radius 2 is 1.20 bits per heavy atom. The minimum absolute atomic E-state index is 0.129. The van der Waals surface area contributed by atoms with Crippen LogP contribution in [-0.2, 0) is 11.3 Å². The van der Waals surface area contributed by atoms with Crippen LogP contribution < -0.4 is 0 Å². The maximum atomic E-state index is 12.8. The van der Waals surface area contributed by atoms with E-state index in [1.807, 2.05) is 42.5 Å². The van der Waals surface area contributed by atoms with Gasteiger partial charge in [-0.05, 0) is 47.0 Å². The second-order valence-corrected chi connectivity index (χ2v) is 7.23. The summed E-state index contributed by atoms with van der Waals surface area (Å²) in [5, 5.41) is 0. The van der Waals surface area contributed by atoms with Crippen LogP contribution in [0.25, 0.3) is 11.1 Å². The Hall–Kier alpha value is -4.05. The molecule has 0 saturated heterocycles. The second kappa shape index (κ2) is 7.08. The second-order valence-electron chi connectivity index (χ2n) is 7.23. The van der Waals surface area contributed by atoms with Crippen molar-refractivity contribution in [3.63, 3.8) is 0 Å². The van der Waals surface area contributed by atoms with Gasteiger partial charge in [-0.3, -0.25) is 9.59 Å². The predicted molar refractivity (Wildman–Crippen MR) is 112 cm³/mol. The molecule has 0 unspecified atom stereocenters. The summed E-state index contributed by atoms with van der Waals surface area (Å²) in [5.41, 5.74) is 4.58. The van der Waals surface area contributed by atoms with Crippen molar-refractivity contribution in [1.29, 1.82) is 0 Å². The highest BCUT2D eigenvalue weighted by molar-refractivity contribution is 6.28. The van der Waals surface area contributed by atoms with Gasteiger partial charge in [-0.2, -0.15) is 0 Å². The largest absolute Gasteiger partial charge is 0.457 e. The van der Waals surface area contributed by atoms with Crippen LogP contribution in [0.2, 0.25) is 0 Å². The molecule has 4 heteroatoms. The smallest absolute Gasteiger partial charge is 0.338 e. The van der Waals surface area contributed by atoms with Crippen molar-refractivity contribution in [3.8, 4) is 11.1 Å². The van der Waals surface area contributed by atoms with E-state index in [4.69, 9.17) is 4.74 Å². The monoisotopic (exact) mass is 392 g/mol. The Kier molecular flexibility index (Phi) is 4.25. The van der Waals surface area contributed by atoms with Gasteiger partial charge in [0.25, 0.3) is 0 Å². The number of ketones is 2.